The molecule has 148 valence electrons. The molecule has 1 aliphatic rings. The molecule has 1 aliphatic heterocycles. The average molecular weight is 412 g/mol. The lowest BCUT2D eigenvalue weighted by molar-refractivity contribution is 0.0946. The van der Waals surface area contributed by atoms with Crippen molar-refractivity contribution in [3.63, 3.8) is 0 Å². The van der Waals surface area contributed by atoms with Gasteiger partial charge in [-0.05, 0) is 24.1 Å². The van der Waals surface area contributed by atoms with E-state index in [9.17, 15) is 4.79 Å². The first kappa shape index (κ1) is 21.7. The van der Waals surface area contributed by atoms with Gasteiger partial charge in [-0.1, -0.05) is 31.5 Å². The number of rotatable bonds is 6. The second kappa shape index (κ2) is 10.1. The van der Waals surface area contributed by atoms with Crippen molar-refractivity contribution in [2.45, 2.75) is 19.8 Å². The quantitative estimate of drug-likeness (QED) is 0.766. The Kier molecular flexibility index (Phi) is 8.10. The summed E-state index contributed by atoms with van der Waals surface area (Å²) in [7, 11) is 0. The third-order valence-electron chi connectivity index (χ3n) is 4.57. The van der Waals surface area contributed by atoms with Crippen LogP contribution in [0.5, 0.6) is 0 Å². The molecule has 0 radical (unpaired) electrons. The van der Waals surface area contributed by atoms with Gasteiger partial charge in [0.2, 0.25) is 0 Å². The molecule has 0 unspecified atom stereocenters. The number of hydrogen-bond donors (Lipinski definition) is 2. The Balaban J connectivity index is 0.00000261. The van der Waals surface area contributed by atoms with Crippen LogP contribution in [0.4, 0.5) is 0 Å². The maximum atomic E-state index is 12.7. The molecule has 0 aliphatic carbocycles. The minimum absolute atomic E-state index is 0. The molecule has 0 saturated carbocycles. The van der Waals surface area contributed by atoms with Gasteiger partial charge in [0.05, 0.1) is 23.1 Å². The molecule has 0 spiro atoms. The second-order valence-electron chi connectivity index (χ2n) is 6.84. The highest BCUT2D eigenvalue weighted by Gasteiger charge is 2.21. The molecule has 0 atom stereocenters. The van der Waals surface area contributed by atoms with E-state index >= 15 is 0 Å². The zero-order valence-electron chi connectivity index (χ0n) is 15.7. The molecule has 6 nitrogen and oxygen atoms in total. The van der Waals surface area contributed by atoms with Crippen LogP contribution in [0.2, 0.25) is 5.02 Å². The number of carbonyl (C=O) groups excluding carboxylic acids is 1. The molecular formula is C19H27Cl2N5O. The fraction of sp³-hybridized carbons (Fsp3) is 0.474. The Labute approximate surface area is 171 Å². The molecule has 2 N–H and O–H groups in total. The number of hydrogen-bond acceptors (Lipinski definition) is 4. The highest BCUT2D eigenvalue weighted by atomic mass is 35.5. The molecule has 27 heavy (non-hydrogen) atoms. The second-order valence-corrected chi connectivity index (χ2v) is 7.27. The van der Waals surface area contributed by atoms with Crippen LogP contribution in [0.1, 0.15) is 35.8 Å². The summed E-state index contributed by atoms with van der Waals surface area (Å²) in [5.41, 5.74) is 2.38. The first-order valence-electron chi connectivity index (χ1n) is 9.11. The SMILES string of the molecule is CC(C)c1c(C(=O)NCCN2CCNCC2)cnn1-c1cccc(Cl)c1.Cl. The van der Waals surface area contributed by atoms with Crippen molar-refractivity contribution >= 4 is 29.9 Å². The molecule has 1 saturated heterocycles. The van der Waals surface area contributed by atoms with Gasteiger partial charge in [-0.25, -0.2) is 4.68 Å². The van der Waals surface area contributed by atoms with Gasteiger partial charge in [-0.15, -0.1) is 12.4 Å². The predicted octanol–water partition coefficient (Wildman–Crippen LogP) is 2.71. The third-order valence-corrected chi connectivity index (χ3v) is 4.81. The summed E-state index contributed by atoms with van der Waals surface area (Å²) in [5.74, 6) is 0.0857. The van der Waals surface area contributed by atoms with Gasteiger partial charge < -0.3 is 10.6 Å². The van der Waals surface area contributed by atoms with E-state index in [4.69, 9.17) is 11.6 Å². The lowest BCUT2D eigenvalue weighted by Crippen LogP contribution is -2.46. The van der Waals surface area contributed by atoms with Crippen LogP contribution in [0.15, 0.2) is 30.5 Å². The molecule has 1 fully saturated rings. The van der Waals surface area contributed by atoms with E-state index in [1.807, 2.05) is 28.9 Å². The molecule has 3 rings (SSSR count). The van der Waals surface area contributed by atoms with Crippen molar-refractivity contribution in [1.29, 1.82) is 0 Å². The zero-order valence-corrected chi connectivity index (χ0v) is 17.3. The van der Waals surface area contributed by atoms with Crippen molar-refractivity contribution in [1.82, 2.24) is 25.3 Å². The summed E-state index contributed by atoms with van der Waals surface area (Å²) < 4.78 is 1.81. The summed E-state index contributed by atoms with van der Waals surface area (Å²) in [6.45, 7) is 9.71. The Morgan fingerprint density at radius 1 is 1.33 bits per heavy atom. The lowest BCUT2D eigenvalue weighted by Gasteiger charge is -2.27. The average Bonchev–Trinajstić information content (AvgIpc) is 3.08. The van der Waals surface area contributed by atoms with E-state index in [-0.39, 0.29) is 24.2 Å². The van der Waals surface area contributed by atoms with Gasteiger partial charge >= 0.3 is 0 Å². The van der Waals surface area contributed by atoms with E-state index in [1.54, 1.807) is 6.20 Å². The maximum Gasteiger partial charge on any atom is 0.254 e. The Morgan fingerprint density at radius 3 is 2.74 bits per heavy atom. The van der Waals surface area contributed by atoms with Crippen molar-refractivity contribution < 1.29 is 4.79 Å². The predicted molar refractivity (Wildman–Crippen MR) is 112 cm³/mol. The highest BCUT2D eigenvalue weighted by molar-refractivity contribution is 6.30. The molecule has 0 bridgehead atoms. The Morgan fingerprint density at radius 2 is 2.07 bits per heavy atom. The minimum Gasteiger partial charge on any atom is -0.351 e. The molecule has 1 amide bonds. The van der Waals surface area contributed by atoms with Crippen LogP contribution in [-0.4, -0.2) is 59.9 Å². The molecule has 8 heteroatoms. The van der Waals surface area contributed by atoms with Crippen molar-refractivity contribution in [2.24, 2.45) is 0 Å². The fourth-order valence-electron chi connectivity index (χ4n) is 3.26. The smallest absolute Gasteiger partial charge is 0.254 e. The Hall–Kier alpha value is -1.60. The number of amides is 1. The number of nitrogens with one attached hydrogen (secondary N) is 2. The number of benzene rings is 1. The monoisotopic (exact) mass is 411 g/mol. The van der Waals surface area contributed by atoms with Crippen LogP contribution < -0.4 is 10.6 Å². The van der Waals surface area contributed by atoms with Crippen LogP contribution in [0, 0.1) is 0 Å². The van der Waals surface area contributed by atoms with Gasteiger partial charge in [0.15, 0.2) is 0 Å². The van der Waals surface area contributed by atoms with Crippen LogP contribution >= 0.6 is 24.0 Å². The van der Waals surface area contributed by atoms with Gasteiger partial charge in [0.25, 0.3) is 5.91 Å². The van der Waals surface area contributed by atoms with E-state index < -0.39 is 0 Å². The fourth-order valence-corrected chi connectivity index (χ4v) is 3.44. The van der Waals surface area contributed by atoms with Crippen LogP contribution in [0.25, 0.3) is 5.69 Å². The summed E-state index contributed by atoms with van der Waals surface area (Å²) >= 11 is 6.11. The summed E-state index contributed by atoms with van der Waals surface area (Å²) in [4.78, 5) is 15.1. The summed E-state index contributed by atoms with van der Waals surface area (Å²) in [6.07, 6.45) is 1.65. The normalized spacial score (nSPS) is 14.8. The first-order chi connectivity index (χ1) is 12.6. The van der Waals surface area contributed by atoms with Crippen molar-refractivity contribution in [3.05, 3.63) is 46.7 Å². The number of piperazine rings is 1. The third kappa shape index (κ3) is 5.45. The van der Waals surface area contributed by atoms with Crippen molar-refractivity contribution in [3.8, 4) is 5.69 Å². The van der Waals surface area contributed by atoms with Gasteiger partial charge in [0, 0.05) is 44.3 Å². The van der Waals surface area contributed by atoms with Gasteiger partial charge in [-0.3, -0.25) is 9.69 Å². The molecular weight excluding hydrogens is 385 g/mol. The summed E-state index contributed by atoms with van der Waals surface area (Å²) in [6, 6.07) is 7.51. The molecule has 1 aromatic heterocycles. The van der Waals surface area contributed by atoms with Crippen molar-refractivity contribution in [2.75, 3.05) is 39.3 Å². The van der Waals surface area contributed by atoms with E-state index in [0.29, 0.717) is 17.1 Å². The maximum absolute atomic E-state index is 12.7. The topological polar surface area (TPSA) is 62.2 Å². The number of carbonyl (C=O) groups is 1. The van der Waals surface area contributed by atoms with E-state index in [2.05, 4.69) is 34.5 Å². The number of nitrogens with zero attached hydrogens (tertiary/aromatic N) is 3. The molecule has 2 heterocycles. The van der Waals surface area contributed by atoms with Gasteiger partial charge in [0.1, 0.15) is 0 Å². The molecule has 1 aromatic carbocycles. The van der Waals surface area contributed by atoms with E-state index in [1.165, 1.54) is 0 Å². The minimum atomic E-state index is -0.0721. The first-order valence-corrected chi connectivity index (χ1v) is 9.49. The van der Waals surface area contributed by atoms with E-state index in [0.717, 1.165) is 44.1 Å². The summed E-state index contributed by atoms with van der Waals surface area (Å²) in [5, 5.41) is 11.5. The number of halogens is 2. The lowest BCUT2D eigenvalue weighted by atomic mass is 10.1. The molecule has 2 aromatic rings. The largest absolute Gasteiger partial charge is 0.351 e. The standard InChI is InChI=1S/C19H26ClN5O.ClH/c1-14(2)18-17(13-23-25(18)16-5-3-4-15(20)12-16)19(26)22-8-11-24-9-6-21-7-10-24;/h3-5,12-14,21H,6-11H2,1-2H3,(H,22,26);1H. The zero-order chi connectivity index (χ0) is 18.5. The van der Waals surface area contributed by atoms with Gasteiger partial charge in [-0.2, -0.15) is 5.10 Å². The highest BCUT2D eigenvalue weighted by Crippen LogP contribution is 2.24. The van der Waals surface area contributed by atoms with Crippen LogP contribution in [0.3, 0.4) is 0 Å². The number of aromatic nitrogens is 2. The van der Waals surface area contributed by atoms with Crippen LogP contribution in [-0.2, 0) is 0 Å². The Bertz CT molecular complexity index is 756.